The Kier molecular flexibility index (Phi) is 6.65. The quantitative estimate of drug-likeness (QED) is 0.350. The number of benzene rings is 3. The van der Waals surface area contributed by atoms with E-state index in [2.05, 4.69) is 5.10 Å². The first-order chi connectivity index (χ1) is 19.5. The Morgan fingerprint density at radius 1 is 0.875 bits per heavy atom. The SMILES string of the molecule is COc1ccc(C2=NN(C(=O)Cn3nc(-c4ccc5c(c4)OCO5)ccc3=O)C(c3ccc(OC)cc3)C2)cc1. The summed E-state index contributed by atoms with van der Waals surface area (Å²) in [5, 5.41) is 10.6. The van der Waals surface area contributed by atoms with Gasteiger partial charge in [-0.05, 0) is 71.8 Å². The highest BCUT2D eigenvalue weighted by Crippen LogP contribution is 2.36. The smallest absolute Gasteiger partial charge is 0.267 e. The lowest BCUT2D eigenvalue weighted by atomic mass is 9.98. The van der Waals surface area contributed by atoms with Gasteiger partial charge in [-0.3, -0.25) is 9.59 Å². The molecule has 40 heavy (non-hydrogen) atoms. The van der Waals surface area contributed by atoms with Crippen LogP contribution >= 0.6 is 0 Å². The van der Waals surface area contributed by atoms with Crippen LogP contribution in [0.25, 0.3) is 11.3 Å². The number of carbonyl (C=O) groups is 1. The van der Waals surface area contributed by atoms with Gasteiger partial charge in [0.25, 0.3) is 11.5 Å². The third-order valence-corrected chi connectivity index (χ3v) is 6.91. The molecule has 0 N–H and O–H groups in total. The second-order valence-corrected chi connectivity index (χ2v) is 9.29. The molecule has 10 heteroatoms. The number of amides is 1. The van der Waals surface area contributed by atoms with Crippen molar-refractivity contribution in [2.24, 2.45) is 5.10 Å². The summed E-state index contributed by atoms with van der Waals surface area (Å²) in [7, 11) is 3.22. The minimum absolute atomic E-state index is 0.157. The monoisotopic (exact) mass is 538 g/mol. The van der Waals surface area contributed by atoms with Crippen molar-refractivity contribution in [2.75, 3.05) is 21.0 Å². The average molecular weight is 539 g/mol. The fraction of sp³-hybridized carbons (Fsp3) is 0.200. The summed E-state index contributed by atoms with van der Waals surface area (Å²) in [6.45, 7) is -0.117. The second kappa shape index (κ2) is 10.6. The molecule has 0 radical (unpaired) electrons. The minimum Gasteiger partial charge on any atom is -0.497 e. The largest absolute Gasteiger partial charge is 0.497 e. The molecule has 202 valence electrons. The standard InChI is InChI=1S/C30H26N4O6/c1-37-22-8-3-19(4-9-22)25-16-26(20-5-10-23(38-2)11-6-20)34(32-25)30(36)17-33-29(35)14-12-24(31-33)21-7-13-27-28(15-21)40-18-39-27/h3-15,26H,16-18H2,1-2H3. The first kappa shape index (κ1) is 25.2. The first-order valence-corrected chi connectivity index (χ1v) is 12.7. The number of carbonyl (C=O) groups excluding carboxylic acids is 1. The van der Waals surface area contributed by atoms with Crippen LogP contribution in [0.15, 0.2) is 88.8 Å². The maximum Gasteiger partial charge on any atom is 0.267 e. The Bertz CT molecular complexity index is 1650. The predicted molar refractivity (Wildman–Crippen MR) is 147 cm³/mol. The van der Waals surface area contributed by atoms with Crippen molar-refractivity contribution < 1.29 is 23.7 Å². The molecule has 6 rings (SSSR count). The number of rotatable bonds is 7. The molecule has 1 amide bonds. The fourth-order valence-corrected chi connectivity index (χ4v) is 4.76. The maximum absolute atomic E-state index is 13.7. The first-order valence-electron chi connectivity index (χ1n) is 12.7. The molecule has 0 spiro atoms. The summed E-state index contributed by atoms with van der Waals surface area (Å²) < 4.78 is 22.6. The van der Waals surface area contributed by atoms with Crippen LogP contribution in [0.5, 0.6) is 23.0 Å². The molecule has 0 saturated carbocycles. The Morgan fingerprint density at radius 2 is 1.55 bits per heavy atom. The van der Waals surface area contributed by atoms with Gasteiger partial charge in [-0.15, -0.1) is 0 Å². The molecule has 1 aromatic heterocycles. The molecule has 4 aromatic rings. The van der Waals surface area contributed by atoms with Crippen LogP contribution in [0, 0.1) is 0 Å². The van der Waals surface area contributed by atoms with Crippen LogP contribution in [0.1, 0.15) is 23.6 Å². The molecule has 2 aliphatic heterocycles. The molecular formula is C30H26N4O6. The number of fused-ring (bicyclic) bond motifs is 1. The molecule has 1 atom stereocenters. The molecule has 2 aliphatic rings. The van der Waals surface area contributed by atoms with E-state index in [9.17, 15) is 9.59 Å². The summed E-state index contributed by atoms with van der Waals surface area (Å²) in [6.07, 6.45) is 0.504. The van der Waals surface area contributed by atoms with E-state index in [1.165, 1.54) is 11.1 Å². The van der Waals surface area contributed by atoms with E-state index in [1.807, 2.05) is 54.6 Å². The Balaban J connectivity index is 1.30. The zero-order valence-corrected chi connectivity index (χ0v) is 21.9. The maximum atomic E-state index is 13.7. The van der Waals surface area contributed by atoms with Crippen LogP contribution < -0.4 is 24.5 Å². The number of hydrogen-bond acceptors (Lipinski definition) is 8. The molecule has 0 aliphatic carbocycles. The van der Waals surface area contributed by atoms with Gasteiger partial charge >= 0.3 is 0 Å². The topological polar surface area (TPSA) is 104 Å². The van der Waals surface area contributed by atoms with Crippen molar-refractivity contribution in [1.29, 1.82) is 0 Å². The van der Waals surface area contributed by atoms with Gasteiger partial charge in [-0.2, -0.15) is 10.2 Å². The molecule has 1 unspecified atom stereocenters. The van der Waals surface area contributed by atoms with Crippen molar-refractivity contribution in [3.05, 3.63) is 100 Å². The Labute approximate surface area is 230 Å². The third kappa shape index (κ3) is 4.86. The number of hydrazone groups is 1. The summed E-state index contributed by atoms with van der Waals surface area (Å²) in [5.74, 6) is 2.34. The average Bonchev–Trinajstić information content (AvgIpc) is 3.66. The number of ether oxygens (including phenoxy) is 4. The van der Waals surface area contributed by atoms with Crippen molar-refractivity contribution in [1.82, 2.24) is 14.8 Å². The van der Waals surface area contributed by atoms with Crippen LogP contribution in [0.2, 0.25) is 0 Å². The second-order valence-electron chi connectivity index (χ2n) is 9.29. The van der Waals surface area contributed by atoms with Crippen LogP contribution in [0.3, 0.4) is 0 Å². The number of hydrogen-bond donors (Lipinski definition) is 0. The highest BCUT2D eigenvalue weighted by Gasteiger charge is 2.33. The number of methoxy groups -OCH3 is 2. The lowest BCUT2D eigenvalue weighted by molar-refractivity contribution is -0.133. The minimum atomic E-state index is -0.391. The van der Waals surface area contributed by atoms with E-state index in [0.717, 1.165) is 32.8 Å². The fourth-order valence-electron chi connectivity index (χ4n) is 4.76. The molecule has 10 nitrogen and oxygen atoms in total. The van der Waals surface area contributed by atoms with Crippen molar-refractivity contribution in [2.45, 2.75) is 19.0 Å². The molecule has 3 heterocycles. The number of nitrogens with zero attached hydrogens (tertiary/aromatic N) is 4. The highest BCUT2D eigenvalue weighted by molar-refractivity contribution is 6.03. The van der Waals surface area contributed by atoms with Gasteiger partial charge in [0.2, 0.25) is 6.79 Å². The van der Waals surface area contributed by atoms with Gasteiger partial charge in [0.1, 0.15) is 18.0 Å². The van der Waals surface area contributed by atoms with E-state index in [4.69, 9.17) is 24.0 Å². The molecule has 3 aromatic carbocycles. The van der Waals surface area contributed by atoms with Gasteiger partial charge in [0, 0.05) is 18.1 Å². The van der Waals surface area contributed by atoms with Gasteiger partial charge in [-0.1, -0.05) is 12.1 Å². The summed E-state index contributed by atoms with van der Waals surface area (Å²) in [5.41, 5.74) is 3.41. The molecule has 0 fully saturated rings. The Morgan fingerprint density at radius 3 is 2.27 bits per heavy atom. The van der Waals surface area contributed by atoms with Crippen LogP contribution in [-0.4, -0.2) is 47.4 Å². The van der Waals surface area contributed by atoms with E-state index >= 15 is 0 Å². The van der Waals surface area contributed by atoms with Gasteiger partial charge in [0.15, 0.2) is 11.5 Å². The van der Waals surface area contributed by atoms with Crippen LogP contribution in [-0.2, 0) is 11.3 Å². The van der Waals surface area contributed by atoms with Gasteiger partial charge in [-0.25, -0.2) is 9.69 Å². The molecule has 0 bridgehead atoms. The van der Waals surface area contributed by atoms with Crippen molar-refractivity contribution in [3.8, 4) is 34.3 Å². The number of aromatic nitrogens is 2. The Hall–Kier alpha value is -5.12. The van der Waals surface area contributed by atoms with E-state index in [0.29, 0.717) is 29.4 Å². The normalized spacial score (nSPS) is 15.6. The zero-order valence-electron chi connectivity index (χ0n) is 21.9. The third-order valence-electron chi connectivity index (χ3n) is 6.91. The lowest BCUT2D eigenvalue weighted by Crippen LogP contribution is -2.34. The van der Waals surface area contributed by atoms with E-state index in [1.54, 1.807) is 32.4 Å². The van der Waals surface area contributed by atoms with Crippen molar-refractivity contribution >= 4 is 11.6 Å². The van der Waals surface area contributed by atoms with Crippen LogP contribution in [0.4, 0.5) is 0 Å². The van der Waals surface area contributed by atoms with E-state index < -0.39 is 5.56 Å². The highest BCUT2D eigenvalue weighted by atomic mass is 16.7. The van der Waals surface area contributed by atoms with Gasteiger partial charge < -0.3 is 18.9 Å². The summed E-state index contributed by atoms with van der Waals surface area (Å²) >= 11 is 0. The van der Waals surface area contributed by atoms with Crippen molar-refractivity contribution in [3.63, 3.8) is 0 Å². The summed E-state index contributed by atoms with van der Waals surface area (Å²) in [6, 6.07) is 23.2. The molecule has 0 saturated heterocycles. The zero-order chi connectivity index (χ0) is 27.6. The lowest BCUT2D eigenvalue weighted by Gasteiger charge is -2.22. The van der Waals surface area contributed by atoms with Gasteiger partial charge in [0.05, 0.1) is 31.7 Å². The predicted octanol–water partition coefficient (Wildman–Crippen LogP) is 4.03. The van der Waals surface area contributed by atoms with E-state index in [-0.39, 0.29) is 25.3 Å². The molecular weight excluding hydrogens is 512 g/mol. The summed E-state index contributed by atoms with van der Waals surface area (Å²) in [4.78, 5) is 26.4.